The first-order valence-corrected chi connectivity index (χ1v) is 9.73. The smallest absolute Gasteiger partial charge is 0.270 e. The van der Waals surface area contributed by atoms with Crippen molar-refractivity contribution in [2.75, 3.05) is 20.6 Å². The molecule has 4 aromatic rings. The summed E-state index contributed by atoms with van der Waals surface area (Å²) < 4.78 is 2.02. The van der Waals surface area contributed by atoms with Crippen molar-refractivity contribution in [2.45, 2.75) is 19.9 Å². The van der Waals surface area contributed by atoms with Crippen LogP contribution in [0.3, 0.4) is 0 Å². The number of nitrogens with one attached hydrogen (secondary N) is 1. The number of carbonyl (C=O) groups is 1. The Labute approximate surface area is 169 Å². The van der Waals surface area contributed by atoms with Crippen LogP contribution in [-0.2, 0) is 7.05 Å². The van der Waals surface area contributed by atoms with Crippen molar-refractivity contribution in [3.05, 3.63) is 47.8 Å². The van der Waals surface area contributed by atoms with E-state index in [1.54, 1.807) is 12.3 Å². The monoisotopic (exact) mass is 390 g/mol. The molecule has 150 valence electrons. The Kier molecular flexibility index (Phi) is 4.67. The number of phenolic OH excluding ortho intramolecular Hbond substituents is 1. The highest BCUT2D eigenvalue weighted by Gasteiger charge is 2.20. The number of aromatic hydroxyl groups is 1. The number of hydrogen-bond acceptors (Lipinski definition) is 4. The van der Waals surface area contributed by atoms with Crippen molar-refractivity contribution in [3.8, 4) is 5.75 Å². The Morgan fingerprint density at radius 1 is 1.17 bits per heavy atom. The summed E-state index contributed by atoms with van der Waals surface area (Å²) >= 11 is 0. The number of aromatic nitrogens is 2. The fraction of sp³-hybridized carbons (Fsp3) is 0.304. The van der Waals surface area contributed by atoms with Crippen molar-refractivity contribution in [3.63, 3.8) is 0 Å². The molecule has 1 unspecified atom stereocenters. The maximum absolute atomic E-state index is 13.0. The topological polar surface area (TPSA) is 70.4 Å². The molecule has 0 bridgehead atoms. The van der Waals surface area contributed by atoms with Crippen molar-refractivity contribution >= 4 is 38.5 Å². The number of aryl methyl sites for hydroxylation is 2. The summed E-state index contributed by atoms with van der Waals surface area (Å²) in [7, 11) is 5.92. The zero-order chi connectivity index (χ0) is 20.9. The number of fused-ring (bicyclic) bond motifs is 4. The highest BCUT2D eigenvalue weighted by molar-refractivity contribution is 6.18. The van der Waals surface area contributed by atoms with E-state index >= 15 is 0 Å². The standard InChI is InChI=1S/C23H26N4O2/c1-13(12-26(3)4)25-23(29)20-17-11-18-16-7-6-8-19(28)22(16)27(5)21(18)14(2)15(17)9-10-24-20/h6-11,13,28H,12H2,1-5H3,(H,25,29). The highest BCUT2D eigenvalue weighted by atomic mass is 16.3. The SMILES string of the molecule is Cc1c2ccnc(C(=O)NC(C)CN(C)C)c2cc2c3cccc(O)c3n(C)c12. The molecule has 0 aliphatic carbocycles. The molecule has 6 heteroatoms. The summed E-state index contributed by atoms with van der Waals surface area (Å²) in [4.78, 5) is 19.4. The molecule has 6 nitrogen and oxygen atoms in total. The molecule has 1 amide bonds. The van der Waals surface area contributed by atoms with Crippen LogP contribution in [-0.4, -0.2) is 52.1 Å². The number of para-hydroxylation sites is 1. The Bertz CT molecular complexity index is 1260. The molecule has 0 radical (unpaired) electrons. The van der Waals surface area contributed by atoms with Crippen molar-refractivity contribution in [1.82, 2.24) is 19.8 Å². The molecule has 0 saturated heterocycles. The van der Waals surface area contributed by atoms with Crippen LogP contribution in [0.4, 0.5) is 0 Å². The van der Waals surface area contributed by atoms with Gasteiger partial charge in [-0.15, -0.1) is 0 Å². The summed E-state index contributed by atoms with van der Waals surface area (Å²) in [6.07, 6.45) is 1.69. The van der Waals surface area contributed by atoms with Gasteiger partial charge in [-0.2, -0.15) is 0 Å². The lowest BCUT2D eigenvalue weighted by Gasteiger charge is -2.18. The van der Waals surface area contributed by atoms with Crippen LogP contribution in [0.25, 0.3) is 32.6 Å². The Balaban J connectivity index is 1.95. The van der Waals surface area contributed by atoms with E-state index in [0.717, 1.165) is 44.7 Å². The van der Waals surface area contributed by atoms with Crippen LogP contribution in [0.1, 0.15) is 23.0 Å². The largest absolute Gasteiger partial charge is 0.506 e. The third-order valence-electron chi connectivity index (χ3n) is 5.50. The normalized spacial score (nSPS) is 12.9. The quantitative estimate of drug-likeness (QED) is 0.559. The van der Waals surface area contributed by atoms with E-state index in [0.29, 0.717) is 5.69 Å². The van der Waals surface area contributed by atoms with Crippen LogP contribution < -0.4 is 5.32 Å². The lowest BCUT2D eigenvalue weighted by atomic mass is 10.00. The molecular formula is C23H26N4O2. The molecule has 2 aromatic carbocycles. The Morgan fingerprint density at radius 2 is 1.93 bits per heavy atom. The summed E-state index contributed by atoms with van der Waals surface area (Å²) in [5, 5.41) is 17.2. The van der Waals surface area contributed by atoms with E-state index in [1.165, 1.54) is 0 Å². The molecule has 0 saturated carbocycles. The second-order valence-corrected chi connectivity index (χ2v) is 8.02. The average Bonchev–Trinajstić information content (AvgIpc) is 2.94. The molecule has 2 aromatic heterocycles. The molecule has 1 atom stereocenters. The van der Waals surface area contributed by atoms with Crippen molar-refractivity contribution in [2.24, 2.45) is 7.05 Å². The van der Waals surface area contributed by atoms with Crippen LogP contribution in [0.5, 0.6) is 5.75 Å². The zero-order valence-electron chi connectivity index (χ0n) is 17.4. The third-order valence-corrected chi connectivity index (χ3v) is 5.50. The van der Waals surface area contributed by atoms with Gasteiger partial charge >= 0.3 is 0 Å². The Morgan fingerprint density at radius 3 is 2.66 bits per heavy atom. The van der Waals surface area contributed by atoms with Gasteiger partial charge in [0.1, 0.15) is 11.4 Å². The fourth-order valence-electron chi connectivity index (χ4n) is 4.41. The van der Waals surface area contributed by atoms with Gasteiger partial charge in [0, 0.05) is 42.0 Å². The number of phenols is 1. The van der Waals surface area contributed by atoms with E-state index in [9.17, 15) is 9.90 Å². The van der Waals surface area contributed by atoms with Crippen LogP contribution in [0.15, 0.2) is 36.5 Å². The molecule has 0 spiro atoms. The molecule has 0 fully saturated rings. The van der Waals surface area contributed by atoms with E-state index in [2.05, 4.69) is 17.2 Å². The van der Waals surface area contributed by atoms with Gasteiger partial charge < -0.3 is 19.9 Å². The minimum absolute atomic E-state index is 0.00823. The van der Waals surface area contributed by atoms with Crippen molar-refractivity contribution < 1.29 is 9.90 Å². The van der Waals surface area contributed by atoms with Crippen LogP contribution >= 0.6 is 0 Å². The van der Waals surface area contributed by atoms with Gasteiger partial charge in [-0.05, 0) is 57.1 Å². The van der Waals surface area contributed by atoms with E-state index in [-0.39, 0.29) is 17.7 Å². The second-order valence-electron chi connectivity index (χ2n) is 8.02. The summed E-state index contributed by atoms with van der Waals surface area (Å²) in [5.74, 6) is 0.0741. The first-order chi connectivity index (χ1) is 13.8. The summed E-state index contributed by atoms with van der Waals surface area (Å²) in [6.45, 7) is 4.79. The van der Waals surface area contributed by atoms with Crippen LogP contribution in [0, 0.1) is 6.92 Å². The van der Waals surface area contributed by atoms with Crippen LogP contribution in [0.2, 0.25) is 0 Å². The van der Waals surface area contributed by atoms with Crippen molar-refractivity contribution in [1.29, 1.82) is 0 Å². The van der Waals surface area contributed by atoms with Gasteiger partial charge in [0.2, 0.25) is 0 Å². The maximum Gasteiger partial charge on any atom is 0.270 e. The molecule has 29 heavy (non-hydrogen) atoms. The van der Waals surface area contributed by atoms with E-state index < -0.39 is 0 Å². The average molecular weight is 390 g/mol. The van der Waals surface area contributed by atoms with Gasteiger partial charge in [-0.1, -0.05) is 12.1 Å². The van der Waals surface area contributed by atoms with Gasteiger partial charge in [0.15, 0.2) is 0 Å². The third kappa shape index (κ3) is 3.09. The molecule has 4 rings (SSSR count). The van der Waals surface area contributed by atoms with E-state index in [4.69, 9.17) is 0 Å². The minimum Gasteiger partial charge on any atom is -0.506 e. The first-order valence-electron chi connectivity index (χ1n) is 9.73. The summed E-state index contributed by atoms with van der Waals surface area (Å²) in [5.41, 5.74) is 3.33. The number of pyridine rings is 1. The van der Waals surface area contributed by atoms with Gasteiger partial charge in [0.05, 0.1) is 11.0 Å². The summed E-state index contributed by atoms with van der Waals surface area (Å²) in [6, 6.07) is 9.52. The number of benzene rings is 2. The molecule has 2 heterocycles. The predicted molar refractivity (Wildman–Crippen MR) is 118 cm³/mol. The lowest BCUT2D eigenvalue weighted by molar-refractivity contribution is 0.0931. The number of rotatable bonds is 4. The fourth-order valence-corrected chi connectivity index (χ4v) is 4.41. The number of amides is 1. The van der Waals surface area contributed by atoms with Gasteiger partial charge in [-0.3, -0.25) is 9.78 Å². The number of hydrogen-bond donors (Lipinski definition) is 2. The van der Waals surface area contributed by atoms with Gasteiger partial charge in [0.25, 0.3) is 5.91 Å². The molecule has 0 aliphatic heterocycles. The highest BCUT2D eigenvalue weighted by Crippen LogP contribution is 2.38. The predicted octanol–water partition coefficient (Wildman–Crippen LogP) is 3.57. The molecule has 2 N–H and O–H groups in total. The number of carbonyl (C=O) groups excluding carboxylic acids is 1. The second kappa shape index (κ2) is 7.04. The zero-order valence-corrected chi connectivity index (χ0v) is 17.4. The first kappa shape index (κ1) is 19.2. The van der Waals surface area contributed by atoms with E-state index in [1.807, 2.05) is 61.8 Å². The minimum atomic E-state index is -0.174. The number of likely N-dealkylation sites (N-methyl/N-ethyl adjacent to an activating group) is 1. The lowest BCUT2D eigenvalue weighted by Crippen LogP contribution is -2.39. The number of nitrogens with zero attached hydrogens (tertiary/aromatic N) is 3. The molecule has 0 aliphatic rings. The molecular weight excluding hydrogens is 364 g/mol. The van der Waals surface area contributed by atoms with Gasteiger partial charge in [-0.25, -0.2) is 0 Å². The maximum atomic E-state index is 13.0. The Hall–Kier alpha value is -3.12.